The summed E-state index contributed by atoms with van der Waals surface area (Å²) in [5, 5.41) is 13.7. The molecule has 2 nitrogen and oxygen atoms in total. The van der Waals surface area contributed by atoms with Crippen molar-refractivity contribution in [2.45, 2.75) is 0 Å². The molecule has 0 bridgehead atoms. The Morgan fingerprint density at radius 3 is 1.63 bits per heavy atom. The van der Waals surface area contributed by atoms with Gasteiger partial charge in [0.15, 0.2) is 0 Å². The molecule has 2 heteroatoms. The fourth-order valence-electron chi connectivity index (χ4n) is 8.42. The summed E-state index contributed by atoms with van der Waals surface area (Å²) in [4.78, 5) is 5.39. The number of fused-ring (bicyclic) bond motifs is 12. The fraction of sp³-hybridized carbons (Fsp3) is 0. The highest BCUT2D eigenvalue weighted by Crippen LogP contribution is 2.41. The Balaban J connectivity index is 1.17. The minimum Gasteiger partial charge on any atom is -0.309 e. The molecule has 0 N–H and O–H groups in total. The zero-order chi connectivity index (χ0) is 33.5. The molecule has 2 aromatic heterocycles. The van der Waals surface area contributed by atoms with E-state index in [9.17, 15) is 0 Å². The number of hydrogen-bond donors (Lipinski definition) is 0. The highest BCUT2D eigenvalue weighted by molar-refractivity contribution is 6.26. The summed E-state index contributed by atoms with van der Waals surface area (Å²) in [5.74, 6) is 0. The summed E-state index contributed by atoms with van der Waals surface area (Å²) < 4.78 is 2.39. The van der Waals surface area contributed by atoms with E-state index in [1.165, 1.54) is 76.0 Å². The smallest absolute Gasteiger partial charge is 0.0789 e. The Labute approximate surface area is 294 Å². The maximum Gasteiger partial charge on any atom is 0.0789 e. The zero-order valence-corrected chi connectivity index (χ0v) is 27.7. The molecule has 236 valence electrons. The van der Waals surface area contributed by atoms with Gasteiger partial charge in [-0.3, -0.25) is 0 Å². The molecule has 0 spiro atoms. The second-order valence-corrected chi connectivity index (χ2v) is 13.5. The first-order chi connectivity index (χ1) is 25.3. The largest absolute Gasteiger partial charge is 0.309 e. The molecule has 0 unspecified atom stereocenters. The quantitative estimate of drug-likeness (QED) is 0.175. The molecular formula is C49H30N2. The van der Waals surface area contributed by atoms with Gasteiger partial charge >= 0.3 is 0 Å². The van der Waals surface area contributed by atoms with Crippen LogP contribution in [0.25, 0.3) is 104 Å². The molecule has 0 aliphatic heterocycles. The molecule has 0 aliphatic rings. The summed E-state index contributed by atoms with van der Waals surface area (Å²) in [5.41, 5.74) is 9.00. The molecule has 51 heavy (non-hydrogen) atoms. The second-order valence-electron chi connectivity index (χ2n) is 13.5. The van der Waals surface area contributed by atoms with Crippen molar-refractivity contribution >= 4 is 75.8 Å². The summed E-state index contributed by atoms with van der Waals surface area (Å²) in [6, 6.07) is 66.1. The van der Waals surface area contributed by atoms with E-state index in [0.29, 0.717) is 0 Å². The van der Waals surface area contributed by atoms with E-state index in [-0.39, 0.29) is 0 Å². The minimum atomic E-state index is 0.995. The van der Waals surface area contributed by atoms with Crippen LogP contribution in [0.15, 0.2) is 182 Å². The number of para-hydroxylation sites is 3. The molecule has 0 radical (unpaired) electrons. The van der Waals surface area contributed by atoms with Crippen LogP contribution in [0.5, 0.6) is 0 Å². The van der Waals surface area contributed by atoms with Gasteiger partial charge in [-0.1, -0.05) is 133 Å². The summed E-state index contributed by atoms with van der Waals surface area (Å²) in [6.45, 7) is 0. The Morgan fingerprint density at radius 2 is 0.863 bits per heavy atom. The van der Waals surface area contributed by atoms with E-state index in [1.807, 2.05) is 0 Å². The van der Waals surface area contributed by atoms with Crippen LogP contribution < -0.4 is 0 Å². The summed E-state index contributed by atoms with van der Waals surface area (Å²) in [7, 11) is 0. The van der Waals surface area contributed by atoms with Crippen molar-refractivity contribution in [3.05, 3.63) is 182 Å². The van der Waals surface area contributed by atoms with Gasteiger partial charge in [-0.25, -0.2) is 4.98 Å². The molecule has 2 heterocycles. The molecule has 0 saturated carbocycles. The van der Waals surface area contributed by atoms with E-state index in [2.05, 4.69) is 187 Å². The van der Waals surface area contributed by atoms with E-state index in [4.69, 9.17) is 4.98 Å². The van der Waals surface area contributed by atoms with E-state index >= 15 is 0 Å². The van der Waals surface area contributed by atoms with Gasteiger partial charge in [0.05, 0.1) is 22.2 Å². The van der Waals surface area contributed by atoms with Crippen molar-refractivity contribution in [2.24, 2.45) is 0 Å². The lowest BCUT2D eigenvalue weighted by Crippen LogP contribution is -1.94. The van der Waals surface area contributed by atoms with E-state index in [0.717, 1.165) is 27.8 Å². The van der Waals surface area contributed by atoms with Crippen LogP contribution in [0.2, 0.25) is 0 Å². The number of aromatic nitrogens is 2. The molecule has 0 fully saturated rings. The molecular weight excluding hydrogens is 617 g/mol. The number of nitrogens with zero attached hydrogens (tertiary/aromatic N) is 2. The lowest BCUT2D eigenvalue weighted by atomic mass is 9.91. The van der Waals surface area contributed by atoms with Gasteiger partial charge in [-0.05, 0) is 97.4 Å². The average Bonchev–Trinajstić information content (AvgIpc) is 3.53. The molecule has 11 aromatic rings. The van der Waals surface area contributed by atoms with E-state index in [1.54, 1.807) is 0 Å². The molecule has 0 amide bonds. The molecule has 0 atom stereocenters. The number of hydrogen-bond acceptors (Lipinski definition) is 1. The van der Waals surface area contributed by atoms with Crippen LogP contribution in [0.4, 0.5) is 0 Å². The van der Waals surface area contributed by atoms with Crippen LogP contribution in [0.3, 0.4) is 0 Å². The topological polar surface area (TPSA) is 17.8 Å². The predicted molar refractivity (Wildman–Crippen MR) is 217 cm³/mol. The third-order valence-corrected chi connectivity index (χ3v) is 10.7. The third-order valence-electron chi connectivity index (χ3n) is 10.7. The first kappa shape index (κ1) is 28.1. The average molecular weight is 647 g/mol. The normalized spacial score (nSPS) is 11.9. The van der Waals surface area contributed by atoms with E-state index < -0.39 is 0 Å². The maximum atomic E-state index is 5.39. The summed E-state index contributed by atoms with van der Waals surface area (Å²) >= 11 is 0. The number of pyridine rings is 1. The fourth-order valence-corrected chi connectivity index (χ4v) is 8.42. The molecule has 0 aliphatic carbocycles. The van der Waals surface area contributed by atoms with Crippen LogP contribution in [0.1, 0.15) is 0 Å². The zero-order valence-electron chi connectivity index (χ0n) is 27.7. The highest BCUT2D eigenvalue weighted by atomic mass is 15.0. The number of rotatable bonds is 3. The van der Waals surface area contributed by atoms with Crippen molar-refractivity contribution in [1.29, 1.82) is 0 Å². The Kier molecular flexibility index (Phi) is 5.99. The first-order valence-electron chi connectivity index (χ1n) is 17.6. The van der Waals surface area contributed by atoms with Gasteiger partial charge in [0.2, 0.25) is 0 Å². The van der Waals surface area contributed by atoms with Crippen molar-refractivity contribution in [3.8, 4) is 28.1 Å². The Morgan fingerprint density at radius 1 is 0.294 bits per heavy atom. The van der Waals surface area contributed by atoms with Gasteiger partial charge in [0, 0.05) is 32.8 Å². The highest BCUT2D eigenvalue weighted by Gasteiger charge is 2.18. The SMILES string of the molecule is c1ccc(-n2c3ccccc3c3cc4c(cc32)c(-c2cccc(-c3ccc5c6ccccc6c6ccccc6c5c3)c2)nc2ccccc24)cc1. The van der Waals surface area contributed by atoms with Crippen LogP contribution in [0, 0.1) is 0 Å². The van der Waals surface area contributed by atoms with Crippen molar-refractivity contribution in [1.82, 2.24) is 9.55 Å². The lowest BCUT2D eigenvalue weighted by Gasteiger charge is -2.14. The Bertz CT molecular complexity index is 3150. The van der Waals surface area contributed by atoms with Gasteiger partial charge in [-0.2, -0.15) is 0 Å². The predicted octanol–water partition coefficient (Wildman–Crippen LogP) is 13.3. The van der Waals surface area contributed by atoms with Gasteiger partial charge in [-0.15, -0.1) is 0 Å². The number of benzene rings is 9. The van der Waals surface area contributed by atoms with Gasteiger partial charge < -0.3 is 4.57 Å². The molecule has 0 saturated heterocycles. The first-order valence-corrected chi connectivity index (χ1v) is 17.6. The van der Waals surface area contributed by atoms with Crippen molar-refractivity contribution in [3.63, 3.8) is 0 Å². The molecule has 11 rings (SSSR count). The Hall–Kier alpha value is -6.77. The maximum absolute atomic E-state index is 5.39. The standard InChI is InChI=1S/C49H30N2/c1-2-15-34(16-3-1)51-47-24-11-9-22-41(47)44-29-43-40-21-8-10-23-46(40)50-49(45(43)30-48(44)51)33-14-12-13-31(27-33)32-25-26-39-37-19-5-4-17-35(37)36-18-6-7-20-38(36)42(39)28-32/h1-30H. The van der Waals surface area contributed by atoms with Crippen LogP contribution in [-0.4, -0.2) is 9.55 Å². The van der Waals surface area contributed by atoms with Crippen LogP contribution in [-0.2, 0) is 0 Å². The van der Waals surface area contributed by atoms with Gasteiger partial charge in [0.1, 0.15) is 0 Å². The lowest BCUT2D eigenvalue weighted by molar-refractivity contribution is 1.18. The minimum absolute atomic E-state index is 0.995. The van der Waals surface area contributed by atoms with Crippen molar-refractivity contribution < 1.29 is 0 Å². The summed E-state index contributed by atoms with van der Waals surface area (Å²) in [6.07, 6.45) is 0. The monoisotopic (exact) mass is 646 g/mol. The molecule has 9 aromatic carbocycles. The van der Waals surface area contributed by atoms with Crippen molar-refractivity contribution in [2.75, 3.05) is 0 Å². The third kappa shape index (κ3) is 4.20. The van der Waals surface area contributed by atoms with Gasteiger partial charge in [0.25, 0.3) is 0 Å². The second kappa shape index (κ2) is 10.9. The van der Waals surface area contributed by atoms with Crippen LogP contribution >= 0.6 is 0 Å².